The third-order valence-corrected chi connectivity index (χ3v) is 6.08. The number of aromatic nitrogens is 2. The van der Waals surface area contributed by atoms with Gasteiger partial charge in [-0.1, -0.05) is 48.4 Å². The number of nitrogens with zero attached hydrogens (tertiary/aromatic N) is 3. The van der Waals surface area contributed by atoms with Crippen molar-refractivity contribution in [2.45, 2.75) is 38.2 Å². The van der Waals surface area contributed by atoms with Crippen LogP contribution in [0.2, 0.25) is 0 Å². The number of hydrogen-bond donors (Lipinski definition) is 1. The highest BCUT2D eigenvalue weighted by Gasteiger charge is 2.40. The Labute approximate surface area is 178 Å². The molecule has 0 radical (unpaired) electrons. The van der Waals surface area contributed by atoms with Gasteiger partial charge in [0, 0.05) is 25.2 Å². The molecule has 0 atom stereocenters. The second-order valence-corrected chi connectivity index (χ2v) is 8.11. The molecule has 5 nitrogen and oxygen atoms in total. The van der Waals surface area contributed by atoms with Crippen LogP contribution in [-0.4, -0.2) is 35.3 Å². The smallest absolute Gasteiger partial charge is 0.225 e. The molecule has 1 fully saturated rings. The molecule has 1 N–H and O–H groups in total. The van der Waals surface area contributed by atoms with Gasteiger partial charge in [0.05, 0.1) is 12.3 Å². The van der Waals surface area contributed by atoms with Crippen LogP contribution in [0.4, 0.5) is 5.95 Å². The van der Waals surface area contributed by atoms with E-state index in [4.69, 9.17) is 9.84 Å². The lowest BCUT2D eigenvalue weighted by atomic mass is 9.60. The van der Waals surface area contributed by atoms with Crippen molar-refractivity contribution in [1.29, 1.82) is 0 Å². The van der Waals surface area contributed by atoms with Gasteiger partial charge < -0.3 is 14.7 Å². The van der Waals surface area contributed by atoms with Crippen LogP contribution in [0, 0.1) is 6.92 Å². The van der Waals surface area contributed by atoms with Crippen LogP contribution in [0.5, 0.6) is 5.75 Å². The number of anilines is 1. The predicted octanol–water partition coefficient (Wildman–Crippen LogP) is 4.26. The van der Waals surface area contributed by atoms with Gasteiger partial charge in [0.15, 0.2) is 0 Å². The quantitative estimate of drug-likeness (QED) is 0.609. The van der Waals surface area contributed by atoms with Crippen LogP contribution in [0.15, 0.2) is 60.8 Å². The minimum absolute atomic E-state index is 0.0665. The van der Waals surface area contributed by atoms with Gasteiger partial charge in [-0.05, 0) is 49.1 Å². The molecule has 1 saturated carbocycles. The molecule has 1 aliphatic carbocycles. The fourth-order valence-electron chi connectivity index (χ4n) is 4.07. The van der Waals surface area contributed by atoms with E-state index in [9.17, 15) is 0 Å². The summed E-state index contributed by atoms with van der Waals surface area (Å²) in [6.45, 7) is 3.07. The Morgan fingerprint density at radius 2 is 1.67 bits per heavy atom. The first-order chi connectivity index (χ1) is 14.6. The van der Waals surface area contributed by atoms with Crippen LogP contribution >= 0.6 is 0 Å². The van der Waals surface area contributed by atoms with Gasteiger partial charge >= 0.3 is 0 Å². The minimum Gasteiger partial charge on any atom is -0.487 e. The Balaban J connectivity index is 1.44. The number of rotatable bonds is 8. The number of aliphatic hydroxyl groups is 1. The Morgan fingerprint density at radius 1 is 1.00 bits per heavy atom. The summed E-state index contributed by atoms with van der Waals surface area (Å²) < 4.78 is 5.97. The number of benzene rings is 2. The second kappa shape index (κ2) is 8.84. The lowest BCUT2D eigenvalue weighted by molar-refractivity contribution is 0.294. The van der Waals surface area contributed by atoms with Crippen molar-refractivity contribution in [1.82, 2.24) is 9.97 Å². The summed E-state index contributed by atoms with van der Waals surface area (Å²) >= 11 is 0. The van der Waals surface area contributed by atoms with Crippen molar-refractivity contribution >= 4 is 5.95 Å². The van der Waals surface area contributed by atoms with Gasteiger partial charge in [-0.15, -0.1) is 0 Å². The highest BCUT2D eigenvalue weighted by Crippen LogP contribution is 2.49. The second-order valence-electron chi connectivity index (χ2n) is 8.11. The van der Waals surface area contributed by atoms with Crippen molar-refractivity contribution < 1.29 is 9.84 Å². The van der Waals surface area contributed by atoms with Gasteiger partial charge in [-0.2, -0.15) is 0 Å². The van der Waals surface area contributed by atoms with E-state index in [0.717, 1.165) is 11.4 Å². The van der Waals surface area contributed by atoms with Crippen LogP contribution in [0.3, 0.4) is 0 Å². The standard InChI is InChI=1S/C25H29N3O2/c1-19-4-6-20(7-5-19)25(13-3-14-25)21-8-10-23(11-9-21)30-18-22-12-15-26-24(27-22)28(2)16-17-29/h4-12,15,29H,3,13-14,16-18H2,1-2H3. The van der Waals surface area contributed by atoms with Crippen LogP contribution in [0.1, 0.15) is 41.6 Å². The molecule has 0 aliphatic heterocycles. The molecule has 0 spiro atoms. The Kier molecular flexibility index (Phi) is 6.00. The number of aryl methyl sites for hydroxylation is 1. The van der Waals surface area contributed by atoms with E-state index >= 15 is 0 Å². The summed E-state index contributed by atoms with van der Waals surface area (Å²) in [6, 6.07) is 19.3. The number of ether oxygens (including phenoxy) is 1. The first-order valence-electron chi connectivity index (χ1n) is 10.6. The van der Waals surface area contributed by atoms with Gasteiger partial charge in [-0.3, -0.25) is 0 Å². The molecule has 3 aromatic rings. The SMILES string of the molecule is Cc1ccc(C2(c3ccc(OCc4ccnc(N(C)CCO)n4)cc3)CCC2)cc1. The van der Waals surface area contributed by atoms with Crippen molar-refractivity contribution in [2.24, 2.45) is 0 Å². The fourth-order valence-corrected chi connectivity index (χ4v) is 4.07. The summed E-state index contributed by atoms with van der Waals surface area (Å²) in [5.41, 5.74) is 5.02. The van der Waals surface area contributed by atoms with Crippen molar-refractivity contribution in [3.05, 3.63) is 83.2 Å². The molecule has 1 aliphatic rings. The van der Waals surface area contributed by atoms with E-state index in [-0.39, 0.29) is 12.0 Å². The number of aliphatic hydroxyl groups excluding tert-OH is 1. The van der Waals surface area contributed by atoms with Crippen LogP contribution in [-0.2, 0) is 12.0 Å². The van der Waals surface area contributed by atoms with E-state index in [2.05, 4.69) is 65.4 Å². The molecule has 30 heavy (non-hydrogen) atoms. The monoisotopic (exact) mass is 403 g/mol. The molecule has 2 aromatic carbocycles. The van der Waals surface area contributed by atoms with Gasteiger partial charge in [0.1, 0.15) is 12.4 Å². The fraction of sp³-hybridized carbons (Fsp3) is 0.360. The van der Waals surface area contributed by atoms with Crippen molar-refractivity contribution in [3.8, 4) is 5.75 Å². The zero-order chi connectivity index (χ0) is 21.0. The normalized spacial score (nSPS) is 14.8. The zero-order valence-electron chi connectivity index (χ0n) is 17.7. The molecule has 0 saturated heterocycles. The summed E-state index contributed by atoms with van der Waals surface area (Å²) in [5.74, 6) is 1.42. The minimum atomic E-state index is 0.0665. The maximum atomic E-state index is 9.08. The molecule has 4 rings (SSSR count). The third kappa shape index (κ3) is 4.17. The molecule has 156 valence electrons. The predicted molar refractivity (Wildman–Crippen MR) is 119 cm³/mol. The zero-order valence-corrected chi connectivity index (χ0v) is 17.7. The first kappa shape index (κ1) is 20.4. The van der Waals surface area contributed by atoms with Crippen LogP contribution < -0.4 is 9.64 Å². The summed E-state index contributed by atoms with van der Waals surface area (Å²) in [6.07, 6.45) is 5.38. The van der Waals surface area contributed by atoms with Gasteiger partial charge in [0.2, 0.25) is 5.95 Å². The lowest BCUT2D eigenvalue weighted by Gasteiger charge is -2.43. The largest absolute Gasteiger partial charge is 0.487 e. The summed E-state index contributed by atoms with van der Waals surface area (Å²) in [5, 5.41) is 9.08. The average Bonchev–Trinajstić information content (AvgIpc) is 2.74. The molecule has 1 aromatic heterocycles. The topological polar surface area (TPSA) is 58.5 Å². The molecule has 0 unspecified atom stereocenters. The summed E-state index contributed by atoms with van der Waals surface area (Å²) in [7, 11) is 1.86. The van der Waals surface area contributed by atoms with Crippen LogP contribution in [0.25, 0.3) is 0 Å². The van der Waals surface area contributed by atoms with E-state index in [1.165, 1.54) is 36.0 Å². The molecule has 1 heterocycles. The Bertz CT molecular complexity index is 966. The van der Waals surface area contributed by atoms with Crippen molar-refractivity contribution in [2.75, 3.05) is 25.1 Å². The highest BCUT2D eigenvalue weighted by molar-refractivity contribution is 5.44. The molecular weight excluding hydrogens is 374 g/mol. The third-order valence-electron chi connectivity index (χ3n) is 6.08. The average molecular weight is 404 g/mol. The van der Waals surface area contributed by atoms with Gasteiger partial charge in [-0.25, -0.2) is 9.97 Å². The lowest BCUT2D eigenvalue weighted by Crippen LogP contribution is -2.35. The van der Waals surface area contributed by atoms with E-state index in [1.807, 2.05) is 18.0 Å². The molecule has 0 bridgehead atoms. The maximum absolute atomic E-state index is 9.08. The van der Waals surface area contributed by atoms with Gasteiger partial charge in [0.25, 0.3) is 0 Å². The summed E-state index contributed by atoms with van der Waals surface area (Å²) in [4.78, 5) is 10.6. The molecule has 5 heteroatoms. The first-order valence-corrected chi connectivity index (χ1v) is 10.6. The van der Waals surface area contributed by atoms with E-state index in [1.54, 1.807) is 6.20 Å². The Hall–Kier alpha value is -2.92. The molecular formula is C25H29N3O2. The van der Waals surface area contributed by atoms with Crippen molar-refractivity contribution in [3.63, 3.8) is 0 Å². The highest BCUT2D eigenvalue weighted by atomic mass is 16.5. The maximum Gasteiger partial charge on any atom is 0.225 e. The van der Waals surface area contributed by atoms with E-state index < -0.39 is 0 Å². The number of likely N-dealkylation sites (N-methyl/N-ethyl adjacent to an activating group) is 1. The molecule has 0 amide bonds. The van der Waals surface area contributed by atoms with E-state index in [0.29, 0.717) is 19.1 Å². The number of hydrogen-bond acceptors (Lipinski definition) is 5. The Morgan fingerprint density at radius 3 is 2.27 bits per heavy atom.